The fourth-order valence-electron chi connectivity index (χ4n) is 4.38. The maximum Gasteiger partial charge on any atom is 0.223 e. The molecular weight excluding hydrogens is 414 g/mol. The van der Waals surface area contributed by atoms with Crippen molar-refractivity contribution in [2.75, 3.05) is 50.8 Å². The van der Waals surface area contributed by atoms with Gasteiger partial charge in [-0.2, -0.15) is 4.52 Å². The van der Waals surface area contributed by atoms with Crippen molar-refractivity contribution >= 4 is 28.7 Å². The summed E-state index contributed by atoms with van der Waals surface area (Å²) in [7, 11) is 0. The van der Waals surface area contributed by atoms with Crippen molar-refractivity contribution in [3.63, 3.8) is 0 Å². The Kier molecular flexibility index (Phi) is 6.10. The molecule has 164 valence electrons. The molecule has 2 saturated heterocycles. The van der Waals surface area contributed by atoms with E-state index in [0.717, 1.165) is 63.7 Å². The second-order valence-electron chi connectivity index (χ2n) is 8.01. The highest BCUT2D eigenvalue weighted by Crippen LogP contribution is 2.26. The molecule has 1 N–H and O–H groups in total. The number of anilines is 1. The Bertz CT molecular complexity index is 994. The lowest BCUT2D eigenvalue weighted by atomic mass is 9.95. The summed E-state index contributed by atoms with van der Waals surface area (Å²) in [4.78, 5) is 18.9. The Balaban J connectivity index is 1.16. The summed E-state index contributed by atoms with van der Waals surface area (Å²) in [6.45, 7) is 5.59. The third kappa shape index (κ3) is 4.56. The van der Waals surface area contributed by atoms with Gasteiger partial charge in [-0.15, -0.1) is 26.6 Å². The second kappa shape index (κ2) is 9.29. The van der Waals surface area contributed by atoms with Crippen LogP contribution in [0.25, 0.3) is 5.65 Å². The van der Waals surface area contributed by atoms with Gasteiger partial charge in [0.2, 0.25) is 5.91 Å². The van der Waals surface area contributed by atoms with E-state index in [0.29, 0.717) is 6.54 Å². The van der Waals surface area contributed by atoms with Crippen molar-refractivity contribution in [1.82, 2.24) is 30.0 Å². The lowest BCUT2D eigenvalue weighted by Gasteiger charge is -2.35. The summed E-state index contributed by atoms with van der Waals surface area (Å²) in [6.07, 6.45) is 3.27. The standard InChI is InChI=1S/C21H27N7O2S/c29-21(22-14-17(18-2-1-13-31-18)26-9-11-30-12-10-26)16-5-7-27(8-6-16)20-4-3-19-24-23-15-28(19)25-20/h1-4,13,15-17H,5-12,14H2,(H,22,29). The average molecular weight is 442 g/mol. The van der Waals surface area contributed by atoms with Crippen molar-refractivity contribution in [2.24, 2.45) is 5.92 Å². The molecule has 0 saturated carbocycles. The van der Waals surface area contributed by atoms with E-state index in [1.807, 2.05) is 12.1 Å². The Morgan fingerprint density at radius 1 is 1.19 bits per heavy atom. The van der Waals surface area contributed by atoms with Gasteiger partial charge < -0.3 is 15.0 Å². The van der Waals surface area contributed by atoms with Crippen molar-refractivity contribution in [1.29, 1.82) is 0 Å². The van der Waals surface area contributed by atoms with Gasteiger partial charge in [-0.1, -0.05) is 6.07 Å². The molecule has 1 atom stereocenters. The fourth-order valence-corrected chi connectivity index (χ4v) is 5.24. The molecule has 3 aromatic rings. The summed E-state index contributed by atoms with van der Waals surface area (Å²) >= 11 is 1.75. The van der Waals surface area contributed by atoms with Crippen LogP contribution in [-0.2, 0) is 9.53 Å². The lowest BCUT2D eigenvalue weighted by Crippen LogP contribution is -2.46. The molecule has 31 heavy (non-hydrogen) atoms. The zero-order valence-corrected chi connectivity index (χ0v) is 18.2. The number of amides is 1. The van der Waals surface area contributed by atoms with Crippen LogP contribution in [0.2, 0.25) is 0 Å². The van der Waals surface area contributed by atoms with E-state index in [4.69, 9.17) is 4.74 Å². The topological polar surface area (TPSA) is 87.9 Å². The molecule has 1 unspecified atom stereocenters. The minimum absolute atomic E-state index is 0.0450. The van der Waals surface area contributed by atoms with Gasteiger partial charge in [0.05, 0.1) is 19.3 Å². The number of carbonyl (C=O) groups excluding carboxylic acids is 1. The first-order chi connectivity index (χ1) is 15.3. The van der Waals surface area contributed by atoms with E-state index in [2.05, 4.69) is 47.9 Å². The van der Waals surface area contributed by atoms with Crippen LogP contribution < -0.4 is 10.2 Å². The Morgan fingerprint density at radius 2 is 2.03 bits per heavy atom. The normalized spacial score (nSPS) is 19.5. The van der Waals surface area contributed by atoms with Gasteiger partial charge in [0.1, 0.15) is 12.1 Å². The van der Waals surface area contributed by atoms with Gasteiger partial charge in [0.15, 0.2) is 5.65 Å². The fraction of sp³-hybridized carbons (Fsp3) is 0.524. The zero-order valence-electron chi connectivity index (χ0n) is 17.4. The molecule has 9 nitrogen and oxygen atoms in total. The van der Waals surface area contributed by atoms with Crippen molar-refractivity contribution in [3.8, 4) is 0 Å². The van der Waals surface area contributed by atoms with Gasteiger partial charge >= 0.3 is 0 Å². The molecule has 2 fully saturated rings. The van der Waals surface area contributed by atoms with Crippen LogP contribution in [0.4, 0.5) is 5.82 Å². The number of aromatic nitrogens is 4. The van der Waals surface area contributed by atoms with Crippen molar-refractivity contribution in [3.05, 3.63) is 40.8 Å². The van der Waals surface area contributed by atoms with Crippen molar-refractivity contribution < 1.29 is 9.53 Å². The van der Waals surface area contributed by atoms with Crippen LogP contribution in [0.1, 0.15) is 23.8 Å². The van der Waals surface area contributed by atoms with Gasteiger partial charge in [-0.25, -0.2) is 0 Å². The van der Waals surface area contributed by atoms with Crippen LogP contribution in [0, 0.1) is 5.92 Å². The first kappa shape index (κ1) is 20.3. The molecule has 2 aliphatic rings. The van der Waals surface area contributed by atoms with Gasteiger partial charge in [-0.05, 0) is 36.4 Å². The highest BCUT2D eigenvalue weighted by molar-refractivity contribution is 7.10. The van der Waals surface area contributed by atoms with E-state index in [1.165, 1.54) is 4.88 Å². The SMILES string of the molecule is O=C(NCC(c1cccs1)N1CCOCC1)C1CCN(c2ccc3nncn3n2)CC1. The largest absolute Gasteiger partial charge is 0.379 e. The number of piperidine rings is 1. The highest BCUT2D eigenvalue weighted by Gasteiger charge is 2.28. The monoisotopic (exact) mass is 441 g/mol. The summed E-state index contributed by atoms with van der Waals surface area (Å²) in [5, 5.41) is 17.8. The maximum atomic E-state index is 12.9. The number of morpholine rings is 1. The van der Waals surface area contributed by atoms with E-state index in [-0.39, 0.29) is 17.9 Å². The summed E-state index contributed by atoms with van der Waals surface area (Å²) in [5.41, 5.74) is 0.735. The lowest BCUT2D eigenvalue weighted by molar-refractivity contribution is -0.125. The molecule has 5 heterocycles. The van der Waals surface area contributed by atoms with Crippen LogP contribution in [-0.4, -0.2) is 76.6 Å². The van der Waals surface area contributed by atoms with Crippen molar-refractivity contribution in [2.45, 2.75) is 18.9 Å². The highest BCUT2D eigenvalue weighted by atomic mass is 32.1. The Hall–Kier alpha value is -2.56. The number of thiophene rings is 1. The zero-order chi connectivity index (χ0) is 21.0. The first-order valence-corrected chi connectivity index (χ1v) is 11.7. The van der Waals surface area contributed by atoms with Crippen LogP contribution in [0.3, 0.4) is 0 Å². The third-order valence-corrected chi connectivity index (χ3v) is 7.14. The minimum Gasteiger partial charge on any atom is -0.379 e. The third-order valence-electron chi connectivity index (χ3n) is 6.17. The molecule has 3 aromatic heterocycles. The smallest absolute Gasteiger partial charge is 0.223 e. The molecular formula is C21H27N7O2S. The molecule has 0 aromatic carbocycles. The van der Waals surface area contributed by atoms with E-state index in [9.17, 15) is 4.79 Å². The number of hydrogen-bond acceptors (Lipinski definition) is 8. The maximum absolute atomic E-state index is 12.9. The Labute approximate surface area is 185 Å². The average Bonchev–Trinajstić information content (AvgIpc) is 3.52. The molecule has 5 rings (SSSR count). The van der Waals surface area contributed by atoms with Gasteiger partial charge in [0, 0.05) is 43.5 Å². The van der Waals surface area contributed by atoms with E-state index < -0.39 is 0 Å². The summed E-state index contributed by atoms with van der Waals surface area (Å²) in [5.74, 6) is 1.11. The summed E-state index contributed by atoms with van der Waals surface area (Å²) in [6, 6.07) is 8.35. The number of rotatable bonds is 6. The molecule has 2 aliphatic heterocycles. The molecule has 0 radical (unpaired) electrons. The molecule has 0 aliphatic carbocycles. The molecule has 1 amide bonds. The summed E-state index contributed by atoms with van der Waals surface area (Å²) < 4.78 is 7.19. The first-order valence-electron chi connectivity index (χ1n) is 10.8. The molecule has 0 spiro atoms. The number of nitrogens with zero attached hydrogens (tertiary/aromatic N) is 6. The number of ether oxygens (including phenoxy) is 1. The number of hydrogen-bond donors (Lipinski definition) is 1. The van der Waals surface area contributed by atoms with Gasteiger partial charge in [0.25, 0.3) is 0 Å². The van der Waals surface area contributed by atoms with E-state index in [1.54, 1.807) is 22.2 Å². The van der Waals surface area contributed by atoms with E-state index >= 15 is 0 Å². The predicted molar refractivity (Wildman–Crippen MR) is 118 cm³/mol. The quantitative estimate of drug-likeness (QED) is 0.622. The predicted octanol–water partition coefficient (Wildman–Crippen LogP) is 1.59. The number of fused-ring (bicyclic) bond motifs is 1. The number of carbonyl (C=O) groups is 1. The van der Waals surface area contributed by atoms with Crippen LogP contribution in [0.5, 0.6) is 0 Å². The Morgan fingerprint density at radius 3 is 2.81 bits per heavy atom. The van der Waals surface area contributed by atoms with Gasteiger partial charge in [-0.3, -0.25) is 9.69 Å². The van der Waals surface area contributed by atoms with Crippen LogP contribution >= 0.6 is 11.3 Å². The minimum atomic E-state index is 0.0450. The molecule has 0 bridgehead atoms. The molecule has 10 heteroatoms. The number of nitrogens with one attached hydrogen (secondary N) is 1. The second-order valence-corrected chi connectivity index (χ2v) is 8.99. The van der Waals surface area contributed by atoms with Crippen LogP contribution in [0.15, 0.2) is 36.0 Å².